The van der Waals surface area contributed by atoms with Gasteiger partial charge in [0.25, 0.3) is 0 Å². The second kappa shape index (κ2) is 10.6. The van der Waals surface area contributed by atoms with E-state index in [-0.39, 0.29) is 24.4 Å². The van der Waals surface area contributed by atoms with Crippen LogP contribution in [0, 0.1) is 0 Å². The maximum atomic E-state index is 13.3. The first-order valence-electron chi connectivity index (χ1n) is 11.3. The van der Waals surface area contributed by atoms with Crippen molar-refractivity contribution in [1.29, 1.82) is 0 Å². The first-order valence-corrected chi connectivity index (χ1v) is 11.6. The maximum absolute atomic E-state index is 13.3. The van der Waals surface area contributed by atoms with Crippen molar-refractivity contribution in [3.05, 3.63) is 71.1 Å². The number of benzene rings is 2. The molecule has 1 fully saturated rings. The highest BCUT2D eigenvalue weighted by Gasteiger charge is 2.33. The monoisotopic (exact) mass is 466 g/mol. The Balaban J connectivity index is 1.50. The van der Waals surface area contributed by atoms with Crippen LogP contribution in [0.15, 0.2) is 59.1 Å². The number of piperidine rings is 1. The lowest BCUT2D eigenvalue weighted by Gasteiger charge is -2.35. The minimum atomic E-state index is -0.296. The molecule has 1 aliphatic heterocycles. The van der Waals surface area contributed by atoms with E-state index in [0.29, 0.717) is 36.2 Å². The van der Waals surface area contributed by atoms with Crippen LogP contribution >= 0.6 is 11.6 Å². The van der Waals surface area contributed by atoms with Crippen molar-refractivity contribution < 1.29 is 14.1 Å². The molecule has 2 amide bonds. The lowest BCUT2D eigenvalue weighted by atomic mass is 10.0. The number of amides is 2. The molecule has 0 spiro atoms. The molecule has 1 unspecified atom stereocenters. The molecule has 8 heteroatoms. The molecule has 2 heterocycles. The zero-order valence-electron chi connectivity index (χ0n) is 18.6. The van der Waals surface area contributed by atoms with Crippen LogP contribution in [-0.4, -0.2) is 44.8 Å². The quantitative estimate of drug-likeness (QED) is 0.495. The van der Waals surface area contributed by atoms with Gasteiger partial charge in [-0.1, -0.05) is 54.0 Å². The Kier molecular flexibility index (Phi) is 7.40. The summed E-state index contributed by atoms with van der Waals surface area (Å²) in [6.45, 7) is 2.84. The van der Waals surface area contributed by atoms with E-state index in [1.165, 1.54) is 0 Å². The van der Waals surface area contributed by atoms with E-state index in [9.17, 15) is 9.59 Å². The number of carbonyl (C=O) groups excluding carboxylic acids is 2. The molecule has 0 aliphatic carbocycles. The number of likely N-dealkylation sites (tertiary alicyclic amines) is 1. The summed E-state index contributed by atoms with van der Waals surface area (Å²) in [5.41, 5.74) is 1.79. The van der Waals surface area contributed by atoms with Crippen molar-refractivity contribution in [2.75, 3.05) is 13.1 Å². The van der Waals surface area contributed by atoms with Gasteiger partial charge in [-0.05, 0) is 49.1 Å². The fraction of sp³-hybridized carbons (Fsp3) is 0.360. The van der Waals surface area contributed by atoms with E-state index in [4.69, 9.17) is 16.1 Å². The second-order valence-corrected chi connectivity index (χ2v) is 8.59. The molecule has 0 bridgehead atoms. The van der Waals surface area contributed by atoms with E-state index < -0.39 is 0 Å². The molecule has 4 rings (SSSR count). The molecule has 0 radical (unpaired) electrons. The summed E-state index contributed by atoms with van der Waals surface area (Å²) in [5.74, 6) is 0.725. The van der Waals surface area contributed by atoms with Crippen LogP contribution in [0.2, 0.25) is 5.02 Å². The van der Waals surface area contributed by atoms with E-state index in [2.05, 4.69) is 10.1 Å². The van der Waals surface area contributed by atoms with Gasteiger partial charge in [0, 0.05) is 30.1 Å². The van der Waals surface area contributed by atoms with E-state index >= 15 is 0 Å². The molecule has 172 valence electrons. The molecule has 1 atom stereocenters. The fourth-order valence-corrected chi connectivity index (χ4v) is 4.21. The number of carbonyl (C=O) groups is 2. The average Bonchev–Trinajstić information content (AvgIpc) is 3.34. The van der Waals surface area contributed by atoms with Gasteiger partial charge in [-0.3, -0.25) is 9.59 Å². The van der Waals surface area contributed by atoms with Gasteiger partial charge in [0.15, 0.2) is 0 Å². The number of aromatic nitrogens is 2. The van der Waals surface area contributed by atoms with Gasteiger partial charge in [0.05, 0.1) is 0 Å². The van der Waals surface area contributed by atoms with Crippen LogP contribution in [0.25, 0.3) is 11.4 Å². The minimum Gasteiger partial charge on any atom is -0.337 e. The standard InChI is InChI=1S/C25H27ClN4O3/c1-2-22(31)29(16-18-8-4-3-5-9-18)17-23(32)30-15-7-6-10-21(30)25-27-24(28-33-25)19-11-13-20(26)14-12-19/h3-5,8-9,11-14,21H,2,6-7,10,15-17H2,1H3. The third-order valence-electron chi connectivity index (χ3n) is 5.85. The summed E-state index contributed by atoms with van der Waals surface area (Å²) in [7, 11) is 0. The zero-order valence-corrected chi connectivity index (χ0v) is 19.4. The smallest absolute Gasteiger partial charge is 0.249 e. The van der Waals surface area contributed by atoms with Crippen molar-refractivity contribution in [2.24, 2.45) is 0 Å². The van der Waals surface area contributed by atoms with E-state index in [1.807, 2.05) is 49.4 Å². The van der Waals surface area contributed by atoms with Gasteiger partial charge in [0.1, 0.15) is 12.6 Å². The number of hydrogen-bond acceptors (Lipinski definition) is 5. The molecule has 1 aromatic heterocycles. The number of nitrogens with zero attached hydrogens (tertiary/aromatic N) is 4. The summed E-state index contributed by atoms with van der Waals surface area (Å²) in [4.78, 5) is 33.9. The van der Waals surface area contributed by atoms with Crippen LogP contribution < -0.4 is 0 Å². The Hall–Kier alpha value is -3.19. The molecule has 1 saturated heterocycles. The Morgan fingerprint density at radius 3 is 2.61 bits per heavy atom. The molecular weight excluding hydrogens is 440 g/mol. The number of rotatable bonds is 7. The Morgan fingerprint density at radius 2 is 1.88 bits per heavy atom. The lowest BCUT2D eigenvalue weighted by molar-refractivity contribution is -0.143. The van der Waals surface area contributed by atoms with Gasteiger partial charge in [0.2, 0.25) is 23.5 Å². The Bertz CT molecular complexity index is 1080. The van der Waals surface area contributed by atoms with Gasteiger partial charge < -0.3 is 14.3 Å². The third kappa shape index (κ3) is 5.60. The SMILES string of the molecule is CCC(=O)N(CC(=O)N1CCCCC1c1nc(-c2ccc(Cl)cc2)no1)Cc1ccccc1. The van der Waals surface area contributed by atoms with Crippen LogP contribution in [0.5, 0.6) is 0 Å². The third-order valence-corrected chi connectivity index (χ3v) is 6.10. The maximum Gasteiger partial charge on any atom is 0.249 e. The Morgan fingerprint density at radius 1 is 1.12 bits per heavy atom. The van der Waals surface area contributed by atoms with Gasteiger partial charge >= 0.3 is 0 Å². The summed E-state index contributed by atoms with van der Waals surface area (Å²) >= 11 is 5.97. The number of hydrogen-bond donors (Lipinski definition) is 0. The van der Waals surface area contributed by atoms with E-state index in [1.54, 1.807) is 21.9 Å². The van der Waals surface area contributed by atoms with Crippen molar-refractivity contribution in [2.45, 2.75) is 45.2 Å². The topological polar surface area (TPSA) is 79.5 Å². The van der Waals surface area contributed by atoms with Crippen molar-refractivity contribution >= 4 is 23.4 Å². The molecule has 0 saturated carbocycles. The van der Waals surface area contributed by atoms with Gasteiger partial charge in [-0.2, -0.15) is 4.98 Å². The first-order chi connectivity index (χ1) is 16.0. The molecule has 33 heavy (non-hydrogen) atoms. The van der Waals surface area contributed by atoms with Crippen LogP contribution in [0.4, 0.5) is 0 Å². The molecule has 2 aromatic carbocycles. The highest BCUT2D eigenvalue weighted by molar-refractivity contribution is 6.30. The normalized spacial score (nSPS) is 15.9. The Labute approximate surface area is 198 Å². The molecule has 3 aromatic rings. The van der Waals surface area contributed by atoms with Gasteiger partial charge in [-0.15, -0.1) is 0 Å². The summed E-state index contributed by atoms with van der Waals surface area (Å²) in [5, 5.41) is 4.74. The predicted molar refractivity (Wildman–Crippen MR) is 125 cm³/mol. The minimum absolute atomic E-state index is 0.0241. The number of halogens is 1. The van der Waals surface area contributed by atoms with Crippen LogP contribution in [0.1, 0.15) is 50.1 Å². The van der Waals surface area contributed by atoms with Crippen molar-refractivity contribution in [3.63, 3.8) is 0 Å². The lowest BCUT2D eigenvalue weighted by Crippen LogP contribution is -2.45. The molecule has 7 nitrogen and oxygen atoms in total. The predicted octanol–water partition coefficient (Wildman–Crippen LogP) is 4.88. The van der Waals surface area contributed by atoms with Crippen LogP contribution in [0.3, 0.4) is 0 Å². The van der Waals surface area contributed by atoms with Crippen LogP contribution in [-0.2, 0) is 16.1 Å². The fourth-order valence-electron chi connectivity index (χ4n) is 4.09. The highest BCUT2D eigenvalue weighted by Crippen LogP contribution is 2.31. The van der Waals surface area contributed by atoms with Crippen molar-refractivity contribution in [3.8, 4) is 11.4 Å². The van der Waals surface area contributed by atoms with Gasteiger partial charge in [-0.25, -0.2) is 0 Å². The molecular formula is C25H27ClN4O3. The largest absolute Gasteiger partial charge is 0.337 e. The average molecular weight is 467 g/mol. The first kappa shape index (κ1) is 23.0. The van der Waals surface area contributed by atoms with Crippen molar-refractivity contribution in [1.82, 2.24) is 19.9 Å². The summed E-state index contributed by atoms with van der Waals surface area (Å²) in [6.07, 6.45) is 2.96. The molecule has 0 N–H and O–H groups in total. The zero-order chi connectivity index (χ0) is 23.2. The highest BCUT2D eigenvalue weighted by atomic mass is 35.5. The summed E-state index contributed by atoms with van der Waals surface area (Å²) in [6, 6.07) is 16.6. The second-order valence-electron chi connectivity index (χ2n) is 8.15. The molecule has 1 aliphatic rings. The summed E-state index contributed by atoms with van der Waals surface area (Å²) < 4.78 is 5.57. The van der Waals surface area contributed by atoms with E-state index in [0.717, 1.165) is 30.4 Å².